The molecule has 8 heteroatoms. The number of imide groups is 1. The number of rotatable bonds is 5. The van der Waals surface area contributed by atoms with E-state index in [0.29, 0.717) is 17.1 Å². The second-order valence-corrected chi connectivity index (χ2v) is 8.13. The van der Waals surface area contributed by atoms with Crippen LogP contribution in [0.25, 0.3) is 0 Å². The average molecular weight is 434 g/mol. The summed E-state index contributed by atoms with van der Waals surface area (Å²) in [5.41, 5.74) is 1.27. The van der Waals surface area contributed by atoms with Crippen molar-refractivity contribution in [3.8, 4) is 0 Å². The molecular weight excluding hydrogens is 413 g/mol. The lowest BCUT2D eigenvalue weighted by Gasteiger charge is -2.23. The smallest absolute Gasteiger partial charge is 0.325 e. The number of urea groups is 1. The van der Waals surface area contributed by atoms with Crippen molar-refractivity contribution in [3.63, 3.8) is 0 Å². The highest BCUT2D eigenvalue weighted by atomic mass is 35.5. The van der Waals surface area contributed by atoms with E-state index in [0.717, 1.165) is 16.0 Å². The zero-order chi connectivity index (χ0) is 21.3. The zero-order valence-corrected chi connectivity index (χ0v) is 17.8. The first kappa shape index (κ1) is 21.1. The van der Waals surface area contributed by atoms with Crippen LogP contribution in [0.15, 0.2) is 42.5 Å². The molecule has 2 aromatic carbocycles. The van der Waals surface area contributed by atoms with Gasteiger partial charge in [0.05, 0.1) is 10.0 Å². The van der Waals surface area contributed by atoms with Crippen LogP contribution in [0.5, 0.6) is 0 Å². The summed E-state index contributed by atoms with van der Waals surface area (Å²) >= 11 is 12.0. The Balaban J connectivity index is 1.73. The second kappa shape index (κ2) is 8.05. The van der Waals surface area contributed by atoms with Gasteiger partial charge in [0.15, 0.2) is 0 Å². The molecule has 6 nitrogen and oxygen atoms in total. The number of likely N-dealkylation sites (N-methyl/N-ethyl adjacent to an activating group) is 1. The number of amides is 4. The van der Waals surface area contributed by atoms with Gasteiger partial charge >= 0.3 is 6.03 Å². The first-order chi connectivity index (χ1) is 13.6. The molecule has 0 saturated carbocycles. The van der Waals surface area contributed by atoms with Crippen LogP contribution in [0.3, 0.4) is 0 Å². The maximum absolute atomic E-state index is 13.0. The third-order valence-corrected chi connectivity index (χ3v) is 5.77. The largest absolute Gasteiger partial charge is 0.340 e. The summed E-state index contributed by atoms with van der Waals surface area (Å²) in [5.74, 6) is -0.856. The van der Waals surface area contributed by atoms with Gasteiger partial charge in [-0.2, -0.15) is 0 Å². The molecule has 0 aliphatic carbocycles. The number of halogens is 2. The number of nitrogens with zero attached hydrogens (tertiary/aromatic N) is 2. The minimum Gasteiger partial charge on any atom is -0.340 e. The van der Waals surface area contributed by atoms with Crippen LogP contribution in [0.1, 0.15) is 23.6 Å². The SMILES string of the molecule is Cc1ccc(CN(C)C(=O)CN2C(=O)NC(C)(c3ccc(Cl)c(Cl)c3)C2=O)cc1. The van der Waals surface area contributed by atoms with Crippen molar-refractivity contribution in [3.05, 3.63) is 69.2 Å². The van der Waals surface area contributed by atoms with Gasteiger partial charge in [0.2, 0.25) is 5.91 Å². The van der Waals surface area contributed by atoms with Gasteiger partial charge in [-0.05, 0) is 37.1 Å². The molecule has 29 heavy (non-hydrogen) atoms. The maximum atomic E-state index is 13.0. The Labute approximate surface area is 179 Å². The van der Waals surface area contributed by atoms with Crippen LogP contribution >= 0.6 is 23.2 Å². The van der Waals surface area contributed by atoms with E-state index in [1.54, 1.807) is 26.1 Å². The number of nitrogens with one attached hydrogen (secondary N) is 1. The fourth-order valence-electron chi connectivity index (χ4n) is 3.15. The van der Waals surface area contributed by atoms with E-state index >= 15 is 0 Å². The molecule has 2 aromatic rings. The fourth-order valence-corrected chi connectivity index (χ4v) is 3.45. The van der Waals surface area contributed by atoms with E-state index in [4.69, 9.17) is 23.2 Å². The van der Waals surface area contributed by atoms with Gasteiger partial charge in [-0.3, -0.25) is 14.5 Å². The summed E-state index contributed by atoms with van der Waals surface area (Å²) in [7, 11) is 1.64. The first-order valence-electron chi connectivity index (χ1n) is 9.01. The Hall–Kier alpha value is -2.57. The van der Waals surface area contributed by atoms with Crippen molar-refractivity contribution in [1.29, 1.82) is 0 Å². The fraction of sp³-hybridized carbons (Fsp3) is 0.286. The van der Waals surface area contributed by atoms with Crippen molar-refractivity contribution in [2.75, 3.05) is 13.6 Å². The molecule has 0 spiro atoms. The van der Waals surface area contributed by atoms with Gasteiger partial charge in [-0.15, -0.1) is 0 Å². The summed E-state index contributed by atoms with van der Waals surface area (Å²) in [6.07, 6.45) is 0. The molecule has 152 valence electrons. The minimum absolute atomic E-state index is 0.278. The van der Waals surface area contributed by atoms with Crippen molar-refractivity contribution in [1.82, 2.24) is 15.1 Å². The Bertz CT molecular complexity index is 978. The van der Waals surface area contributed by atoms with E-state index in [-0.39, 0.29) is 17.5 Å². The number of hydrogen-bond donors (Lipinski definition) is 1. The first-order valence-corrected chi connectivity index (χ1v) is 9.76. The average Bonchev–Trinajstić information content (AvgIpc) is 2.89. The molecular formula is C21H21Cl2N3O3. The predicted octanol–water partition coefficient (Wildman–Crippen LogP) is 3.73. The molecule has 1 heterocycles. The summed E-state index contributed by atoms with van der Waals surface area (Å²) < 4.78 is 0. The van der Waals surface area contributed by atoms with Crippen LogP contribution in [-0.2, 0) is 21.7 Å². The van der Waals surface area contributed by atoms with Crippen molar-refractivity contribution < 1.29 is 14.4 Å². The van der Waals surface area contributed by atoms with Crippen molar-refractivity contribution in [2.24, 2.45) is 0 Å². The third kappa shape index (κ3) is 4.23. The van der Waals surface area contributed by atoms with E-state index in [1.807, 2.05) is 31.2 Å². The summed E-state index contributed by atoms with van der Waals surface area (Å²) in [5, 5.41) is 3.28. The number of benzene rings is 2. The Morgan fingerprint density at radius 1 is 1.10 bits per heavy atom. The van der Waals surface area contributed by atoms with E-state index < -0.39 is 17.5 Å². The molecule has 3 rings (SSSR count). The summed E-state index contributed by atoms with van der Waals surface area (Å²) in [6, 6.07) is 11.9. The lowest BCUT2D eigenvalue weighted by molar-refractivity contribution is -0.138. The maximum Gasteiger partial charge on any atom is 0.325 e. The molecule has 1 aliphatic heterocycles. The highest BCUT2D eigenvalue weighted by molar-refractivity contribution is 6.42. The summed E-state index contributed by atoms with van der Waals surface area (Å²) in [4.78, 5) is 40.5. The molecule has 1 fully saturated rings. The van der Waals surface area contributed by atoms with Gasteiger partial charge < -0.3 is 10.2 Å². The Morgan fingerprint density at radius 2 is 1.76 bits per heavy atom. The number of aryl methyl sites for hydroxylation is 1. The van der Waals surface area contributed by atoms with Gasteiger partial charge in [-0.1, -0.05) is 59.1 Å². The van der Waals surface area contributed by atoms with Gasteiger partial charge in [0.1, 0.15) is 12.1 Å². The highest BCUT2D eigenvalue weighted by Crippen LogP contribution is 2.33. The van der Waals surface area contributed by atoms with Gasteiger partial charge in [0, 0.05) is 13.6 Å². The summed E-state index contributed by atoms with van der Waals surface area (Å²) in [6.45, 7) is 3.60. The molecule has 0 radical (unpaired) electrons. The number of carbonyl (C=O) groups excluding carboxylic acids is 3. The molecule has 1 atom stereocenters. The minimum atomic E-state index is -1.32. The monoisotopic (exact) mass is 433 g/mol. The van der Waals surface area contributed by atoms with E-state index in [9.17, 15) is 14.4 Å². The predicted molar refractivity (Wildman–Crippen MR) is 112 cm³/mol. The van der Waals surface area contributed by atoms with Crippen LogP contribution in [0.4, 0.5) is 4.79 Å². The molecule has 4 amide bonds. The molecule has 1 aliphatic rings. The Kier molecular flexibility index (Phi) is 5.87. The van der Waals surface area contributed by atoms with Crippen LogP contribution in [0.2, 0.25) is 10.0 Å². The highest BCUT2D eigenvalue weighted by Gasteiger charge is 2.49. The van der Waals surface area contributed by atoms with Crippen LogP contribution in [0, 0.1) is 6.92 Å². The lowest BCUT2D eigenvalue weighted by Crippen LogP contribution is -2.43. The van der Waals surface area contributed by atoms with Crippen molar-refractivity contribution >= 4 is 41.0 Å². The second-order valence-electron chi connectivity index (χ2n) is 7.31. The normalized spacial score (nSPS) is 18.7. The van der Waals surface area contributed by atoms with E-state index in [1.165, 1.54) is 11.0 Å². The van der Waals surface area contributed by atoms with Crippen LogP contribution in [-0.4, -0.2) is 41.2 Å². The van der Waals surface area contributed by atoms with E-state index in [2.05, 4.69) is 5.32 Å². The van der Waals surface area contributed by atoms with Crippen LogP contribution < -0.4 is 5.32 Å². The lowest BCUT2D eigenvalue weighted by atomic mass is 9.92. The van der Waals surface area contributed by atoms with Crippen molar-refractivity contribution in [2.45, 2.75) is 25.9 Å². The van der Waals surface area contributed by atoms with Gasteiger partial charge in [0.25, 0.3) is 5.91 Å². The molecule has 1 unspecified atom stereocenters. The van der Waals surface area contributed by atoms with Gasteiger partial charge in [-0.25, -0.2) is 4.79 Å². The topological polar surface area (TPSA) is 69.7 Å². The number of hydrogen-bond acceptors (Lipinski definition) is 3. The number of carbonyl (C=O) groups is 3. The molecule has 1 N–H and O–H groups in total. The zero-order valence-electron chi connectivity index (χ0n) is 16.3. The molecule has 0 aromatic heterocycles. The standard InChI is InChI=1S/C21H21Cl2N3O3/c1-13-4-6-14(7-5-13)11-25(3)18(27)12-26-19(28)21(2,24-20(26)29)15-8-9-16(22)17(23)10-15/h4-10H,11-12H2,1-3H3,(H,24,29). The third-order valence-electron chi connectivity index (χ3n) is 5.03. The Morgan fingerprint density at radius 3 is 2.38 bits per heavy atom. The molecule has 1 saturated heterocycles. The quantitative estimate of drug-likeness (QED) is 0.730. The molecule has 0 bridgehead atoms.